The largest absolute Gasteiger partial charge is 0.336 e. The zero-order chi connectivity index (χ0) is 14.2. The number of piperazine rings is 1. The third kappa shape index (κ3) is 2.37. The van der Waals surface area contributed by atoms with Gasteiger partial charge >= 0.3 is 0 Å². The first-order valence-corrected chi connectivity index (χ1v) is 8.46. The van der Waals surface area contributed by atoms with Gasteiger partial charge in [0, 0.05) is 25.2 Å². The van der Waals surface area contributed by atoms with Crippen LogP contribution < -0.4 is 5.32 Å². The molecule has 3 fully saturated rings. The molecule has 0 spiro atoms. The van der Waals surface area contributed by atoms with Crippen molar-refractivity contribution in [2.45, 2.75) is 70.0 Å². The molecule has 3 aliphatic heterocycles. The molecular formula is C16H29N3O. The number of carbonyl (C=O) groups excluding carboxylic acids is 1. The highest BCUT2D eigenvalue weighted by atomic mass is 16.2. The van der Waals surface area contributed by atoms with Gasteiger partial charge in [-0.15, -0.1) is 0 Å². The molecule has 4 heteroatoms. The summed E-state index contributed by atoms with van der Waals surface area (Å²) in [5.74, 6) is 0.385. The summed E-state index contributed by atoms with van der Waals surface area (Å²) in [7, 11) is 0. The van der Waals surface area contributed by atoms with Crippen molar-refractivity contribution in [1.29, 1.82) is 0 Å². The van der Waals surface area contributed by atoms with Gasteiger partial charge in [-0.2, -0.15) is 0 Å². The van der Waals surface area contributed by atoms with Crippen molar-refractivity contribution in [1.82, 2.24) is 15.1 Å². The first-order valence-electron chi connectivity index (χ1n) is 8.46. The molecule has 3 rings (SSSR count). The van der Waals surface area contributed by atoms with Crippen LogP contribution in [0.1, 0.15) is 52.4 Å². The Morgan fingerprint density at radius 2 is 2.20 bits per heavy atom. The third-order valence-corrected chi connectivity index (χ3v) is 5.53. The molecule has 3 atom stereocenters. The lowest BCUT2D eigenvalue weighted by Crippen LogP contribution is -2.63. The minimum Gasteiger partial charge on any atom is -0.336 e. The molecule has 114 valence electrons. The van der Waals surface area contributed by atoms with Gasteiger partial charge in [0.1, 0.15) is 0 Å². The highest BCUT2D eigenvalue weighted by Crippen LogP contribution is 2.31. The monoisotopic (exact) mass is 279 g/mol. The van der Waals surface area contributed by atoms with Crippen LogP contribution in [0.3, 0.4) is 0 Å². The maximum absolute atomic E-state index is 13.2. The molecule has 0 aromatic rings. The maximum atomic E-state index is 13.2. The van der Waals surface area contributed by atoms with Crippen molar-refractivity contribution in [2.24, 2.45) is 0 Å². The molecule has 3 heterocycles. The summed E-state index contributed by atoms with van der Waals surface area (Å²) >= 11 is 0. The van der Waals surface area contributed by atoms with E-state index in [1.165, 1.54) is 19.4 Å². The van der Waals surface area contributed by atoms with Crippen LogP contribution in [0.2, 0.25) is 0 Å². The van der Waals surface area contributed by atoms with Gasteiger partial charge in [-0.05, 0) is 52.1 Å². The van der Waals surface area contributed by atoms with E-state index in [1.807, 2.05) is 0 Å². The minimum atomic E-state index is -0.246. The van der Waals surface area contributed by atoms with Crippen LogP contribution in [0.4, 0.5) is 0 Å². The summed E-state index contributed by atoms with van der Waals surface area (Å²) in [6.07, 6.45) is 6.81. The lowest BCUT2D eigenvalue weighted by molar-refractivity contribution is -0.144. The number of nitrogens with zero attached hydrogens (tertiary/aromatic N) is 2. The normalized spacial score (nSPS) is 38.2. The second-order valence-electron chi connectivity index (χ2n) is 6.96. The van der Waals surface area contributed by atoms with Gasteiger partial charge in [0.05, 0.1) is 5.54 Å². The topological polar surface area (TPSA) is 35.6 Å². The predicted molar refractivity (Wildman–Crippen MR) is 80.6 cm³/mol. The highest BCUT2D eigenvalue weighted by Gasteiger charge is 2.46. The van der Waals surface area contributed by atoms with Crippen LogP contribution in [-0.4, -0.2) is 59.5 Å². The van der Waals surface area contributed by atoms with E-state index in [1.54, 1.807) is 0 Å². The van der Waals surface area contributed by atoms with Crippen molar-refractivity contribution >= 4 is 5.91 Å². The summed E-state index contributed by atoms with van der Waals surface area (Å²) in [6.45, 7) is 8.67. The van der Waals surface area contributed by atoms with Gasteiger partial charge in [0.2, 0.25) is 5.91 Å². The Morgan fingerprint density at radius 3 is 2.90 bits per heavy atom. The van der Waals surface area contributed by atoms with Crippen LogP contribution in [0, 0.1) is 0 Å². The Bertz CT molecular complexity index is 365. The fourth-order valence-electron chi connectivity index (χ4n) is 4.48. The average molecular weight is 279 g/mol. The van der Waals surface area contributed by atoms with E-state index in [2.05, 4.69) is 29.0 Å². The first-order chi connectivity index (χ1) is 9.66. The van der Waals surface area contributed by atoms with Crippen LogP contribution in [0.25, 0.3) is 0 Å². The molecule has 3 unspecified atom stereocenters. The van der Waals surface area contributed by atoms with Crippen molar-refractivity contribution in [2.75, 3.05) is 26.2 Å². The van der Waals surface area contributed by atoms with Crippen LogP contribution >= 0.6 is 0 Å². The highest BCUT2D eigenvalue weighted by molar-refractivity contribution is 5.87. The van der Waals surface area contributed by atoms with E-state index in [0.29, 0.717) is 18.0 Å². The molecule has 1 amide bonds. The van der Waals surface area contributed by atoms with E-state index in [0.717, 1.165) is 45.3 Å². The zero-order valence-electron chi connectivity index (χ0n) is 13.0. The standard InChI is InChI=1S/C16H29N3O/c1-3-7-16(8-5-9-17-16)15(20)19-12-14-6-4-10-18(14)11-13(19)2/h13-14,17H,3-12H2,1-2H3. The molecule has 0 bridgehead atoms. The van der Waals surface area contributed by atoms with Crippen molar-refractivity contribution < 1.29 is 4.79 Å². The quantitative estimate of drug-likeness (QED) is 0.852. The second kappa shape index (κ2) is 5.64. The number of hydrogen-bond acceptors (Lipinski definition) is 3. The molecule has 0 aromatic heterocycles. The van der Waals surface area contributed by atoms with Gasteiger partial charge < -0.3 is 10.2 Å². The third-order valence-electron chi connectivity index (χ3n) is 5.53. The molecule has 20 heavy (non-hydrogen) atoms. The Balaban J connectivity index is 1.75. The Morgan fingerprint density at radius 1 is 1.35 bits per heavy atom. The Hall–Kier alpha value is -0.610. The number of rotatable bonds is 3. The molecule has 1 N–H and O–H groups in total. The lowest BCUT2D eigenvalue weighted by atomic mass is 9.89. The summed E-state index contributed by atoms with van der Waals surface area (Å²) in [4.78, 5) is 17.9. The molecule has 0 aliphatic carbocycles. The lowest BCUT2D eigenvalue weighted by Gasteiger charge is -2.45. The zero-order valence-corrected chi connectivity index (χ0v) is 13.0. The summed E-state index contributed by atoms with van der Waals surface area (Å²) in [5, 5.41) is 3.54. The smallest absolute Gasteiger partial charge is 0.243 e. The fraction of sp³-hybridized carbons (Fsp3) is 0.938. The SMILES string of the molecule is CCCC1(C(=O)N2CC3CCCN3CC2C)CCCN1. The summed E-state index contributed by atoms with van der Waals surface area (Å²) in [6, 6.07) is 0.989. The van der Waals surface area contributed by atoms with E-state index < -0.39 is 0 Å². The predicted octanol–water partition coefficient (Wildman–Crippen LogP) is 1.60. The van der Waals surface area contributed by atoms with Crippen molar-refractivity contribution in [3.8, 4) is 0 Å². The van der Waals surface area contributed by atoms with Gasteiger partial charge in [-0.3, -0.25) is 9.69 Å². The first kappa shape index (κ1) is 14.3. The van der Waals surface area contributed by atoms with E-state index in [4.69, 9.17) is 0 Å². The van der Waals surface area contributed by atoms with E-state index in [-0.39, 0.29) is 5.54 Å². The molecule has 3 saturated heterocycles. The molecule has 0 saturated carbocycles. The number of fused-ring (bicyclic) bond motifs is 1. The maximum Gasteiger partial charge on any atom is 0.243 e. The Labute approximate surface area is 122 Å². The number of nitrogens with one attached hydrogen (secondary N) is 1. The van der Waals surface area contributed by atoms with E-state index in [9.17, 15) is 4.79 Å². The molecule has 0 aromatic carbocycles. The van der Waals surface area contributed by atoms with Gasteiger partial charge in [0.25, 0.3) is 0 Å². The van der Waals surface area contributed by atoms with Gasteiger partial charge in [-0.25, -0.2) is 0 Å². The van der Waals surface area contributed by atoms with Crippen molar-refractivity contribution in [3.63, 3.8) is 0 Å². The summed E-state index contributed by atoms with van der Waals surface area (Å²) < 4.78 is 0. The Kier molecular flexibility index (Phi) is 4.04. The molecular weight excluding hydrogens is 250 g/mol. The van der Waals surface area contributed by atoms with Crippen molar-refractivity contribution in [3.05, 3.63) is 0 Å². The van der Waals surface area contributed by atoms with Gasteiger partial charge in [0.15, 0.2) is 0 Å². The van der Waals surface area contributed by atoms with E-state index >= 15 is 0 Å². The molecule has 4 nitrogen and oxygen atoms in total. The number of carbonyl (C=O) groups is 1. The number of amides is 1. The number of hydrogen-bond donors (Lipinski definition) is 1. The van der Waals surface area contributed by atoms with Gasteiger partial charge in [-0.1, -0.05) is 13.3 Å². The van der Waals surface area contributed by atoms with Crippen LogP contribution in [0.15, 0.2) is 0 Å². The second-order valence-corrected chi connectivity index (χ2v) is 6.96. The molecule has 0 radical (unpaired) electrons. The molecule has 3 aliphatic rings. The minimum absolute atomic E-state index is 0.246. The average Bonchev–Trinajstić information content (AvgIpc) is 3.06. The van der Waals surface area contributed by atoms with Crippen LogP contribution in [-0.2, 0) is 4.79 Å². The summed E-state index contributed by atoms with van der Waals surface area (Å²) in [5.41, 5.74) is -0.246. The fourth-order valence-corrected chi connectivity index (χ4v) is 4.48. The van der Waals surface area contributed by atoms with Crippen LogP contribution in [0.5, 0.6) is 0 Å².